The van der Waals surface area contributed by atoms with Gasteiger partial charge in [-0.2, -0.15) is 0 Å². The number of methoxy groups -OCH3 is 1. The smallest absolute Gasteiger partial charge is 0.328 e. The maximum absolute atomic E-state index is 10.2. The Bertz CT molecular complexity index is 374. The second-order valence-corrected chi connectivity index (χ2v) is 2.60. The third-order valence-corrected chi connectivity index (χ3v) is 1.62. The van der Waals surface area contributed by atoms with E-state index >= 15 is 0 Å². The van der Waals surface area contributed by atoms with Crippen LogP contribution in [0.1, 0.15) is 5.56 Å². The van der Waals surface area contributed by atoms with Crippen LogP contribution in [0, 0.1) is 0 Å². The molecule has 0 aliphatic heterocycles. The summed E-state index contributed by atoms with van der Waals surface area (Å²) in [5.74, 6) is -0.672. The van der Waals surface area contributed by atoms with Crippen LogP contribution >= 0.6 is 0 Å². The number of hydrogen-bond acceptors (Lipinski definition) is 3. The van der Waals surface area contributed by atoms with Crippen molar-refractivity contribution in [3.8, 4) is 11.5 Å². The van der Waals surface area contributed by atoms with Gasteiger partial charge < -0.3 is 14.9 Å². The molecule has 0 saturated heterocycles. The van der Waals surface area contributed by atoms with Crippen LogP contribution in [0.4, 0.5) is 0 Å². The van der Waals surface area contributed by atoms with Gasteiger partial charge in [0.15, 0.2) is 11.5 Å². The van der Waals surface area contributed by atoms with E-state index in [4.69, 9.17) is 9.84 Å². The fraction of sp³-hybridized carbons (Fsp3) is 0.100. The predicted molar refractivity (Wildman–Crippen MR) is 57.1 cm³/mol. The minimum atomic E-state index is -1.02. The molecule has 0 unspecified atom stereocenters. The van der Waals surface area contributed by atoms with E-state index < -0.39 is 5.97 Å². The van der Waals surface area contributed by atoms with Crippen LogP contribution in [-0.2, 0) is 4.79 Å². The number of phenols is 1. The van der Waals surface area contributed by atoms with Gasteiger partial charge in [-0.1, -0.05) is 6.07 Å². The molecule has 0 spiro atoms. The van der Waals surface area contributed by atoms with Gasteiger partial charge in [-0.05, 0) is 23.8 Å². The molecular weight excluding hydrogens is 207 g/mol. The number of carbonyl (C=O) groups is 1. The topological polar surface area (TPSA) is 66.8 Å². The van der Waals surface area contributed by atoms with E-state index in [9.17, 15) is 9.90 Å². The maximum Gasteiger partial charge on any atom is 0.328 e. The molecule has 4 nitrogen and oxygen atoms in total. The van der Waals surface area contributed by atoms with Gasteiger partial charge in [-0.15, -0.1) is 0 Å². The first-order valence-electron chi connectivity index (χ1n) is 3.91. The standard InChI is InChI=1S/C10H10O4.Na/c1-14-9-6-7(2-4-8(9)11)3-5-10(12)13;/h2-6,11H,1H3,(H,12,13);. The first kappa shape index (κ1) is 14.0. The minimum absolute atomic E-state index is 0. The quantitative estimate of drug-likeness (QED) is 0.588. The van der Waals surface area contributed by atoms with Gasteiger partial charge in [0.05, 0.1) is 7.11 Å². The van der Waals surface area contributed by atoms with E-state index in [2.05, 4.69) is 0 Å². The number of rotatable bonds is 3. The zero-order valence-corrected chi connectivity index (χ0v) is 10.6. The third kappa shape index (κ3) is 4.38. The van der Waals surface area contributed by atoms with Gasteiger partial charge in [0.1, 0.15) is 0 Å². The van der Waals surface area contributed by atoms with E-state index in [1.165, 1.54) is 19.3 Å². The second-order valence-electron chi connectivity index (χ2n) is 2.60. The summed E-state index contributed by atoms with van der Waals surface area (Å²) in [6.07, 6.45) is 2.44. The van der Waals surface area contributed by atoms with Crippen molar-refractivity contribution in [1.29, 1.82) is 0 Å². The molecule has 0 heterocycles. The Balaban J connectivity index is 0.00000196. The number of benzene rings is 1. The van der Waals surface area contributed by atoms with Gasteiger partial charge >= 0.3 is 5.97 Å². The number of aliphatic carboxylic acids is 1. The fourth-order valence-electron chi connectivity index (χ4n) is 0.965. The Morgan fingerprint density at radius 3 is 2.67 bits per heavy atom. The minimum Gasteiger partial charge on any atom is -0.504 e. The van der Waals surface area contributed by atoms with Gasteiger partial charge in [-0.25, -0.2) is 4.79 Å². The Hall–Kier alpha value is -0.970. The summed E-state index contributed by atoms with van der Waals surface area (Å²) in [6.45, 7) is 0. The fourth-order valence-corrected chi connectivity index (χ4v) is 0.965. The first-order chi connectivity index (χ1) is 6.63. The Morgan fingerprint density at radius 1 is 1.47 bits per heavy atom. The molecule has 75 valence electrons. The number of phenolic OH excluding ortho intramolecular Hbond substituents is 1. The largest absolute Gasteiger partial charge is 0.504 e. The number of carboxylic acid groups (broad SMARTS) is 1. The predicted octanol–water partition coefficient (Wildman–Crippen LogP) is 1.12. The molecular formula is C10H10NaO4. The second kappa shape index (κ2) is 6.50. The average molecular weight is 217 g/mol. The molecule has 1 aromatic rings. The number of hydrogen-bond donors (Lipinski definition) is 2. The van der Waals surface area contributed by atoms with Crippen molar-refractivity contribution < 1.29 is 19.7 Å². The van der Waals surface area contributed by atoms with Crippen LogP contribution in [-0.4, -0.2) is 52.8 Å². The zero-order chi connectivity index (χ0) is 10.6. The monoisotopic (exact) mass is 217 g/mol. The summed E-state index contributed by atoms with van der Waals surface area (Å²) in [4.78, 5) is 10.2. The van der Waals surface area contributed by atoms with Crippen LogP contribution < -0.4 is 4.74 Å². The van der Waals surface area contributed by atoms with E-state index in [-0.39, 0.29) is 35.3 Å². The molecule has 1 aromatic carbocycles. The van der Waals surface area contributed by atoms with Crippen LogP contribution in [0.25, 0.3) is 6.08 Å². The first-order valence-corrected chi connectivity index (χ1v) is 3.91. The van der Waals surface area contributed by atoms with Crippen molar-refractivity contribution in [2.45, 2.75) is 0 Å². The maximum atomic E-state index is 10.2. The molecule has 0 saturated carbocycles. The molecule has 5 heteroatoms. The van der Waals surface area contributed by atoms with Crippen LogP contribution in [0.5, 0.6) is 11.5 Å². The normalized spacial score (nSPS) is 9.67. The summed E-state index contributed by atoms with van der Waals surface area (Å²) in [5.41, 5.74) is 0.655. The molecule has 1 radical (unpaired) electrons. The van der Waals surface area contributed by atoms with Crippen molar-refractivity contribution in [2.75, 3.05) is 7.11 Å². The molecule has 0 atom stereocenters. The number of ether oxygens (including phenoxy) is 1. The van der Waals surface area contributed by atoms with Crippen LogP contribution in [0.15, 0.2) is 24.3 Å². The summed E-state index contributed by atoms with van der Waals surface area (Å²) in [5, 5.41) is 17.6. The third-order valence-electron chi connectivity index (χ3n) is 1.62. The summed E-state index contributed by atoms with van der Waals surface area (Å²) in [6, 6.07) is 4.59. The summed E-state index contributed by atoms with van der Waals surface area (Å²) >= 11 is 0. The molecule has 0 aliphatic carbocycles. The Morgan fingerprint density at radius 2 is 2.13 bits per heavy atom. The molecule has 0 bridgehead atoms. The van der Waals surface area contributed by atoms with Crippen LogP contribution in [0.3, 0.4) is 0 Å². The Kier molecular flexibility index (Phi) is 6.08. The molecule has 0 fully saturated rings. The van der Waals surface area contributed by atoms with Gasteiger partial charge in [0.25, 0.3) is 0 Å². The van der Waals surface area contributed by atoms with Crippen molar-refractivity contribution in [3.05, 3.63) is 29.8 Å². The van der Waals surface area contributed by atoms with E-state index in [1.54, 1.807) is 12.1 Å². The molecule has 2 N–H and O–H groups in total. The molecule has 0 aliphatic rings. The SMILES string of the molecule is COc1cc(C=CC(=O)O)ccc1O.[Na]. The average Bonchev–Trinajstić information content (AvgIpc) is 2.16. The number of aromatic hydroxyl groups is 1. The molecule has 1 rings (SSSR count). The molecule has 15 heavy (non-hydrogen) atoms. The number of carboxylic acids is 1. The van der Waals surface area contributed by atoms with E-state index in [0.717, 1.165) is 6.08 Å². The summed E-state index contributed by atoms with van der Waals surface area (Å²) in [7, 11) is 1.43. The molecule has 0 aromatic heterocycles. The van der Waals surface area contributed by atoms with E-state index in [1.807, 2.05) is 0 Å². The summed E-state index contributed by atoms with van der Waals surface area (Å²) < 4.78 is 4.86. The van der Waals surface area contributed by atoms with Crippen molar-refractivity contribution in [3.63, 3.8) is 0 Å². The van der Waals surface area contributed by atoms with Crippen LogP contribution in [0.2, 0.25) is 0 Å². The molecule has 0 amide bonds. The van der Waals surface area contributed by atoms with Crippen molar-refractivity contribution in [1.82, 2.24) is 0 Å². The van der Waals surface area contributed by atoms with Crippen molar-refractivity contribution in [2.24, 2.45) is 0 Å². The van der Waals surface area contributed by atoms with Gasteiger partial charge in [0.2, 0.25) is 0 Å². The van der Waals surface area contributed by atoms with Gasteiger partial charge in [-0.3, -0.25) is 0 Å². The van der Waals surface area contributed by atoms with E-state index in [0.29, 0.717) is 11.3 Å². The van der Waals surface area contributed by atoms with Gasteiger partial charge in [0, 0.05) is 35.6 Å². The zero-order valence-electron chi connectivity index (χ0n) is 8.60. The van der Waals surface area contributed by atoms with Crippen molar-refractivity contribution >= 4 is 41.6 Å². The Labute approximate surface area is 109 Å².